The predicted octanol–water partition coefficient (Wildman–Crippen LogP) is 5.64. The minimum Gasteiger partial charge on any atom is -0.234 e. The number of unbranched alkanes of at least 4 members (excludes halogenated alkanes) is 1. The van der Waals surface area contributed by atoms with Gasteiger partial charge in [-0.1, -0.05) is 58.6 Å². The third-order valence-electron chi connectivity index (χ3n) is 3.58. The van der Waals surface area contributed by atoms with Crippen molar-refractivity contribution in [1.82, 2.24) is 0 Å². The summed E-state index contributed by atoms with van der Waals surface area (Å²) in [6.07, 6.45) is 3.08. The Morgan fingerprint density at radius 1 is 1.05 bits per heavy atom. The molecule has 0 fully saturated rings. The fourth-order valence-electron chi connectivity index (χ4n) is 2.36. The monoisotopic (exact) mass is 333 g/mol. The Labute approximate surface area is 137 Å². The predicted molar refractivity (Wildman–Crippen MR) is 92.4 cm³/mol. The topological polar surface area (TPSA) is 34.1 Å². The second-order valence-corrected chi connectivity index (χ2v) is 7.30. The molecule has 0 saturated heterocycles. The first-order valence-electron chi connectivity index (χ1n) is 7.37. The van der Waals surface area contributed by atoms with E-state index in [0.717, 1.165) is 24.8 Å². The fourth-order valence-corrected chi connectivity index (χ4v) is 3.99. The van der Waals surface area contributed by atoms with E-state index >= 15 is 0 Å². The third kappa shape index (κ3) is 4.50. The van der Waals surface area contributed by atoms with Gasteiger partial charge in [0.1, 0.15) is 0 Å². The number of carbonyl (C=O) groups is 1. The molecule has 0 heterocycles. The van der Waals surface area contributed by atoms with Gasteiger partial charge in [0.15, 0.2) is 6.16 Å². The highest BCUT2D eigenvalue weighted by Gasteiger charge is 2.31. The zero-order chi connectivity index (χ0) is 15.9. The average molecular weight is 334 g/mol. The Hall–Kier alpha value is -1.50. The van der Waals surface area contributed by atoms with Gasteiger partial charge in [-0.05, 0) is 43.4 Å². The Morgan fingerprint density at radius 3 is 2.45 bits per heavy atom. The lowest BCUT2D eigenvalue weighted by Crippen LogP contribution is -2.00. The maximum Gasteiger partial charge on any atom is 0.420 e. The van der Waals surface area contributed by atoms with Crippen molar-refractivity contribution in [3.8, 4) is 0 Å². The molecular weight excluding hydrogens is 315 g/mol. The molecule has 0 aliphatic rings. The van der Waals surface area contributed by atoms with Crippen LogP contribution < -0.4 is 0 Å². The molecule has 0 amide bonds. The Kier molecular flexibility index (Phi) is 6.30. The van der Waals surface area contributed by atoms with Crippen molar-refractivity contribution < 1.29 is 9.36 Å². The van der Waals surface area contributed by atoms with E-state index in [2.05, 4.69) is 12.1 Å². The van der Waals surface area contributed by atoms with Gasteiger partial charge in [-0.15, -0.1) is 0 Å². The van der Waals surface area contributed by atoms with E-state index in [1.54, 1.807) is 12.1 Å². The fraction of sp³-hybridized carbons (Fsp3) is 0.278. The van der Waals surface area contributed by atoms with Crippen LogP contribution in [0.25, 0.3) is 0 Å². The molecule has 2 aromatic carbocycles. The highest BCUT2D eigenvalue weighted by Crippen LogP contribution is 2.33. The summed E-state index contributed by atoms with van der Waals surface area (Å²) in [4.78, 5) is 12.3. The molecule has 0 saturated carbocycles. The standard InChI is InChI=1S/C18H19ClO2P/c1-14-8-7-12-16(19)17(14)18(20)22(21)13-6-5-11-15-9-3-2-4-10-15/h2-4,7-10,12H,5-6,11,13H2,1H3/q+1. The van der Waals surface area contributed by atoms with Crippen molar-refractivity contribution in [2.45, 2.75) is 26.2 Å². The maximum atomic E-state index is 12.3. The summed E-state index contributed by atoms with van der Waals surface area (Å²) in [6, 6.07) is 15.5. The maximum absolute atomic E-state index is 12.3. The molecule has 0 aliphatic heterocycles. The van der Waals surface area contributed by atoms with Crippen molar-refractivity contribution in [1.29, 1.82) is 0 Å². The highest BCUT2D eigenvalue weighted by molar-refractivity contribution is 7.64. The lowest BCUT2D eigenvalue weighted by atomic mass is 10.1. The van der Waals surface area contributed by atoms with Crippen molar-refractivity contribution in [2.24, 2.45) is 0 Å². The molecule has 2 aromatic rings. The molecule has 22 heavy (non-hydrogen) atoms. The summed E-state index contributed by atoms with van der Waals surface area (Å²) in [7, 11) is -1.90. The molecule has 0 aromatic heterocycles. The van der Waals surface area contributed by atoms with Gasteiger partial charge in [-0.3, -0.25) is 0 Å². The van der Waals surface area contributed by atoms with E-state index in [1.165, 1.54) is 5.56 Å². The van der Waals surface area contributed by atoms with E-state index in [9.17, 15) is 9.36 Å². The number of rotatable bonds is 7. The van der Waals surface area contributed by atoms with Gasteiger partial charge in [-0.25, -0.2) is 4.79 Å². The number of hydrogen-bond acceptors (Lipinski definition) is 2. The van der Waals surface area contributed by atoms with Crippen LogP contribution in [-0.4, -0.2) is 11.7 Å². The van der Waals surface area contributed by atoms with Crippen LogP contribution in [-0.2, 0) is 11.0 Å². The van der Waals surface area contributed by atoms with Gasteiger partial charge in [0, 0.05) is 0 Å². The number of benzene rings is 2. The molecular formula is C18H19ClO2P+. The minimum absolute atomic E-state index is 0.321. The first-order chi connectivity index (χ1) is 10.6. The van der Waals surface area contributed by atoms with Crippen LogP contribution in [0.1, 0.15) is 34.3 Å². The number of hydrogen-bond donors (Lipinski definition) is 0. The third-order valence-corrected chi connectivity index (χ3v) is 5.30. The molecule has 2 nitrogen and oxygen atoms in total. The summed E-state index contributed by atoms with van der Waals surface area (Å²) in [5.41, 5.74) is 2.14. The Bertz CT molecular complexity index is 648. The zero-order valence-corrected chi connectivity index (χ0v) is 14.2. The number of halogens is 1. The van der Waals surface area contributed by atoms with E-state index < -0.39 is 7.80 Å². The van der Waals surface area contributed by atoms with Crippen LogP contribution in [0.3, 0.4) is 0 Å². The summed E-state index contributed by atoms with van der Waals surface area (Å²) in [5.74, 6) is 0. The van der Waals surface area contributed by atoms with Crippen LogP contribution in [0, 0.1) is 6.92 Å². The number of carbonyl (C=O) groups excluding carboxylic acids is 1. The van der Waals surface area contributed by atoms with Crippen molar-refractivity contribution in [3.63, 3.8) is 0 Å². The lowest BCUT2D eigenvalue weighted by molar-refractivity contribution is 0.107. The largest absolute Gasteiger partial charge is 0.420 e. The molecule has 1 unspecified atom stereocenters. The average Bonchev–Trinajstić information content (AvgIpc) is 2.52. The van der Waals surface area contributed by atoms with Gasteiger partial charge in [0.2, 0.25) is 0 Å². The van der Waals surface area contributed by atoms with Crippen LogP contribution in [0.4, 0.5) is 0 Å². The van der Waals surface area contributed by atoms with Crippen LogP contribution in [0.5, 0.6) is 0 Å². The van der Waals surface area contributed by atoms with Crippen LogP contribution in [0.2, 0.25) is 5.02 Å². The molecule has 0 N–H and O–H groups in total. The lowest BCUT2D eigenvalue weighted by Gasteiger charge is -2.01. The first-order valence-corrected chi connectivity index (χ1v) is 9.20. The molecule has 2 rings (SSSR count). The summed E-state index contributed by atoms with van der Waals surface area (Å²) < 4.78 is 12.2. The second-order valence-electron chi connectivity index (χ2n) is 5.28. The molecule has 0 radical (unpaired) electrons. The van der Waals surface area contributed by atoms with Gasteiger partial charge in [0.25, 0.3) is 0 Å². The van der Waals surface area contributed by atoms with Gasteiger partial charge < -0.3 is 0 Å². The normalized spacial score (nSPS) is 11.3. The summed E-state index contributed by atoms with van der Waals surface area (Å²) >= 11 is 6.06. The summed E-state index contributed by atoms with van der Waals surface area (Å²) in [5, 5.41) is 0.387. The van der Waals surface area contributed by atoms with Crippen LogP contribution >= 0.6 is 19.4 Å². The first kappa shape index (κ1) is 16.9. The summed E-state index contributed by atoms with van der Waals surface area (Å²) in [6.45, 7) is 1.82. The van der Waals surface area contributed by atoms with Crippen molar-refractivity contribution in [2.75, 3.05) is 6.16 Å². The molecule has 0 spiro atoms. The molecule has 0 aliphatic carbocycles. The molecule has 4 heteroatoms. The van der Waals surface area contributed by atoms with Gasteiger partial charge in [0.05, 0.1) is 10.6 Å². The van der Waals surface area contributed by atoms with Crippen molar-refractivity contribution in [3.05, 3.63) is 70.2 Å². The van der Waals surface area contributed by atoms with Crippen LogP contribution in [0.15, 0.2) is 48.5 Å². The SMILES string of the molecule is Cc1cccc(Cl)c1C(=O)[P+](=O)CCCCc1ccccc1. The van der Waals surface area contributed by atoms with Gasteiger partial charge in [-0.2, -0.15) is 0 Å². The molecule has 114 valence electrons. The quantitative estimate of drug-likeness (QED) is 0.485. The second kappa shape index (κ2) is 8.22. The van der Waals surface area contributed by atoms with E-state index in [1.807, 2.05) is 31.2 Å². The zero-order valence-electron chi connectivity index (χ0n) is 12.6. The highest BCUT2D eigenvalue weighted by atomic mass is 35.5. The van der Waals surface area contributed by atoms with Gasteiger partial charge >= 0.3 is 13.3 Å². The number of aryl methyl sites for hydroxylation is 2. The van der Waals surface area contributed by atoms with E-state index in [-0.39, 0.29) is 5.52 Å². The molecule has 0 bridgehead atoms. The van der Waals surface area contributed by atoms with Crippen molar-refractivity contribution >= 4 is 24.9 Å². The Morgan fingerprint density at radius 2 is 1.77 bits per heavy atom. The van der Waals surface area contributed by atoms with E-state index in [4.69, 9.17) is 11.6 Å². The smallest absolute Gasteiger partial charge is 0.234 e. The molecule has 1 atom stereocenters. The minimum atomic E-state index is -1.90. The van der Waals surface area contributed by atoms with E-state index in [0.29, 0.717) is 16.7 Å². The Balaban J connectivity index is 1.86.